The SMILES string of the molecule is Cc1ccc(C(=O)N2CCCCCC2CO)cc1F. The highest BCUT2D eigenvalue weighted by atomic mass is 19.1. The summed E-state index contributed by atoms with van der Waals surface area (Å²) < 4.78 is 13.5. The van der Waals surface area contributed by atoms with E-state index in [-0.39, 0.29) is 24.4 Å². The Balaban J connectivity index is 2.22. The molecule has 0 aliphatic carbocycles. The average Bonchev–Trinajstić information content (AvgIpc) is 2.66. The van der Waals surface area contributed by atoms with Crippen LogP contribution in [0.3, 0.4) is 0 Å². The standard InChI is InChI=1S/C15H20FNO2/c1-11-6-7-12(9-14(11)16)15(19)17-8-4-2-3-5-13(17)10-18/h6-7,9,13,18H,2-5,8,10H2,1H3. The van der Waals surface area contributed by atoms with Crippen molar-refractivity contribution in [3.8, 4) is 0 Å². The molecule has 1 fully saturated rings. The number of aryl methyl sites for hydroxylation is 1. The molecule has 1 amide bonds. The van der Waals surface area contributed by atoms with Crippen molar-refractivity contribution in [2.24, 2.45) is 0 Å². The minimum Gasteiger partial charge on any atom is -0.394 e. The maximum absolute atomic E-state index is 13.5. The zero-order valence-corrected chi connectivity index (χ0v) is 11.2. The molecule has 1 aliphatic rings. The van der Waals surface area contributed by atoms with Crippen LogP contribution in [0.1, 0.15) is 41.6 Å². The van der Waals surface area contributed by atoms with Crippen molar-refractivity contribution in [3.05, 3.63) is 35.1 Å². The first-order valence-electron chi connectivity index (χ1n) is 6.81. The van der Waals surface area contributed by atoms with E-state index < -0.39 is 0 Å². The molecule has 104 valence electrons. The van der Waals surface area contributed by atoms with E-state index in [1.165, 1.54) is 6.07 Å². The molecule has 0 saturated carbocycles. The molecule has 1 heterocycles. The molecule has 0 aromatic heterocycles. The van der Waals surface area contributed by atoms with Crippen molar-refractivity contribution in [2.45, 2.75) is 38.6 Å². The van der Waals surface area contributed by atoms with E-state index in [4.69, 9.17) is 0 Å². The molecule has 1 aliphatic heterocycles. The van der Waals surface area contributed by atoms with Crippen LogP contribution in [0.4, 0.5) is 4.39 Å². The van der Waals surface area contributed by atoms with Gasteiger partial charge in [0.2, 0.25) is 0 Å². The topological polar surface area (TPSA) is 40.5 Å². The van der Waals surface area contributed by atoms with Crippen molar-refractivity contribution in [1.29, 1.82) is 0 Å². The summed E-state index contributed by atoms with van der Waals surface area (Å²) in [6, 6.07) is 4.42. The number of benzene rings is 1. The van der Waals surface area contributed by atoms with Gasteiger partial charge in [0.05, 0.1) is 12.6 Å². The summed E-state index contributed by atoms with van der Waals surface area (Å²) in [6.45, 7) is 2.28. The smallest absolute Gasteiger partial charge is 0.254 e. The van der Waals surface area contributed by atoms with E-state index in [2.05, 4.69) is 0 Å². The molecule has 1 unspecified atom stereocenters. The lowest BCUT2D eigenvalue weighted by Crippen LogP contribution is -2.42. The Kier molecular flexibility index (Phi) is 4.53. The maximum Gasteiger partial charge on any atom is 0.254 e. The Morgan fingerprint density at radius 1 is 1.42 bits per heavy atom. The molecular weight excluding hydrogens is 245 g/mol. The number of hydrogen-bond donors (Lipinski definition) is 1. The van der Waals surface area contributed by atoms with E-state index in [1.54, 1.807) is 24.0 Å². The molecule has 0 spiro atoms. The van der Waals surface area contributed by atoms with Crippen molar-refractivity contribution in [3.63, 3.8) is 0 Å². The number of likely N-dealkylation sites (tertiary alicyclic amines) is 1. The normalized spacial score (nSPS) is 20.2. The fourth-order valence-corrected chi connectivity index (χ4v) is 2.53. The molecule has 4 heteroatoms. The number of halogens is 1. The van der Waals surface area contributed by atoms with Crippen LogP contribution in [0.2, 0.25) is 0 Å². The zero-order chi connectivity index (χ0) is 13.8. The lowest BCUT2D eigenvalue weighted by Gasteiger charge is -2.28. The molecular formula is C15H20FNO2. The lowest BCUT2D eigenvalue weighted by molar-refractivity contribution is 0.0599. The Morgan fingerprint density at radius 3 is 2.89 bits per heavy atom. The second kappa shape index (κ2) is 6.15. The van der Waals surface area contributed by atoms with Crippen LogP contribution in [0.5, 0.6) is 0 Å². The summed E-state index contributed by atoms with van der Waals surface area (Å²) in [5.74, 6) is -0.541. The van der Waals surface area contributed by atoms with E-state index in [1.807, 2.05) is 0 Å². The minimum atomic E-state index is -0.360. The highest BCUT2D eigenvalue weighted by molar-refractivity contribution is 5.94. The minimum absolute atomic E-state index is 0.0277. The first kappa shape index (κ1) is 14.0. The largest absolute Gasteiger partial charge is 0.394 e. The zero-order valence-electron chi connectivity index (χ0n) is 11.2. The fraction of sp³-hybridized carbons (Fsp3) is 0.533. The van der Waals surface area contributed by atoms with E-state index >= 15 is 0 Å². The van der Waals surface area contributed by atoms with Crippen LogP contribution in [-0.2, 0) is 0 Å². The third kappa shape index (κ3) is 3.13. The summed E-state index contributed by atoms with van der Waals surface area (Å²) >= 11 is 0. The predicted molar refractivity (Wildman–Crippen MR) is 71.5 cm³/mol. The average molecular weight is 265 g/mol. The van der Waals surface area contributed by atoms with Crippen molar-refractivity contribution in [2.75, 3.05) is 13.2 Å². The van der Waals surface area contributed by atoms with E-state index in [0.29, 0.717) is 17.7 Å². The van der Waals surface area contributed by atoms with Gasteiger partial charge < -0.3 is 10.0 Å². The Labute approximate surface area is 113 Å². The molecule has 19 heavy (non-hydrogen) atoms. The Hall–Kier alpha value is -1.42. The first-order chi connectivity index (χ1) is 9.13. The van der Waals surface area contributed by atoms with Crippen LogP contribution < -0.4 is 0 Å². The van der Waals surface area contributed by atoms with Crippen LogP contribution in [0.15, 0.2) is 18.2 Å². The maximum atomic E-state index is 13.5. The van der Waals surface area contributed by atoms with E-state index in [9.17, 15) is 14.3 Å². The van der Waals surface area contributed by atoms with Gasteiger partial charge in [-0.05, 0) is 37.5 Å². The number of hydrogen-bond acceptors (Lipinski definition) is 2. The molecule has 1 atom stereocenters. The number of nitrogens with zero attached hydrogens (tertiary/aromatic N) is 1. The summed E-state index contributed by atoms with van der Waals surface area (Å²) in [4.78, 5) is 14.1. The van der Waals surface area contributed by atoms with Crippen molar-refractivity contribution in [1.82, 2.24) is 4.90 Å². The second-order valence-electron chi connectivity index (χ2n) is 5.15. The molecule has 1 N–H and O–H groups in total. The fourth-order valence-electron chi connectivity index (χ4n) is 2.53. The number of rotatable bonds is 2. The summed E-state index contributed by atoms with van der Waals surface area (Å²) in [5.41, 5.74) is 0.898. The molecule has 1 saturated heterocycles. The third-order valence-corrected chi connectivity index (χ3v) is 3.77. The van der Waals surface area contributed by atoms with Gasteiger partial charge in [0.1, 0.15) is 5.82 Å². The van der Waals surface area contributed by atoms with Gasteiger partial charge in [-0.3, -0.25) is 4.79 Å². The van der Waals surface area contributed by atoms with Crippen molar-refractivity contribution >= 4 is 5.91 Å². The van der Waals surface area contributed by atoms with Crippen LogP contribution in [0, 0.1) is 12.7 Å². The summed E-state index contributed by atoms with van der Waals surface area (Å²) in [7, 11) is 0. The number of aliphatic hydroxyl groups is 1. The molecule has 1 aromatic rings. The molecule has 3 nitrogen and oxygen atoms in total. The van der Waals surface area contributed by atoms with Gasteiger partial charge >= 0.3 is 0 Å². The highest BCUT2D eigenvalue weighted by Crippen LogP contribution is 2.20. The van der Waals surface area contributed by atoms with Gasteiger partial charge in [-0.25, -0.2) is 4.39 Å². The van der Waals surface area contributed by atoms with Gasteiger partial charge in [-0.15, -0.1) is 0 Å². The highest BCUT2D eigenvalue weighted by Gasteiger charge is 2.25. The van der Waals surface area contributed by atoms with Gasteiger partial charge in [-0.2, -0.15) is 0 Å². The Morgan fingerprint density at radius 2 is 2.21 bits per heavy atom. The summed E-state index contributed by atoms with van der Waals surface area (Å²) in [5, 5.41) is 9.41. The molecule has 1 aromatic carbocycles. The van der Waals surface area contributed by atoms with Crippen LogP contribution in [0.25, 0.3) is 0 Å². The Bertz CT molecular complexity index is 461. The van der Waals surface area contributed by atoms with Gasteiger partial charge in [0.25, 0.3) is 5.91 Å². The molecule has 0 bridgehead atoms. The predicted octanol–water partition coefficient (Wildman–Crippen LogP) is 2.51. The molecule has 2 rings (SSSR count). The van der Waals surface area contributed by atoms with Gasteiger partial charge in [-0.1, -0.05) is 18.9 Å². The van der Waals surface area contributed by atoms with Crippen LogP contribution >= 0.6 is 0 Å². The monoisotopic (exact) mass is 265 g/mol. The third-order valence-electron chi connectivity index (χ3n) is 3.77. The first-order valence-corrected chi connectivity index (χ1v) is 6.81. The number of carbonyl (C=O) groups is 1. The van der Waals surface area contributed by atoms with Crippen LogP contribution in [-0.4, -0.2) is 35.1 Å². The number of amides is 1. The molecule has 0 radical (unpaired) electrons. The second-order valence-corrected chi connectivity index (χ2v) is 5.15. The lowest BCUT2D eigenvalue weighted by atomic mass is 10.1. The number of carbonyl (C=O) groups excluding carboxylic acids is 1. The van der Waals surface area contributed by atoms with E-state index in [0.717, 1.165) is 25.7 Å². The van der Waals surface area contributed by atoms with Crippen molar-refractivity contribution < 1.29 is 14.3 Å². The summed E-state index contributed by atoms with van der Waals surface area (Å²) in [6.07, 6.45) is 3.85. The van der Waals surface area contributed by atoms with Gasteiger partial charge in [0, 0.05) is 12.1 Å². The quantitative estimate of drug-likeness (QED) is 0.892. The van der Waals surface area contributed by atoms with Gasteiger partial charge in [0.15, 0.2) is 0 Å². The number of aliphatic hydroxyl groups excluding tert-OH is 1.